The van der Waals surface area contributed by atoms with Crippen molar-refractivity contribution in [3.63, 3.8) is 0 Å². The minimum Gasteiger partial charge on any atom is -0.479 e. The van der Waals surface area contributed by atoms with Gasteiger partial charge in [-0.3, -0.25) is 9.59 Å². The quantitative estimate of drug-likeness (QED) is 0.718. The number of carbonyl (C=O) groups excluding carboxylic acids is 2. The molecule has 2 aliphatic rings. The zero-order valence-electron chi connectivity index (χ0n) is 18.1. The summed E-state index contributed by atoms with van der Waals surface area (Å²) in [7, 11) is -3.82. The zero-order chi connectivity index (χ0) is 22.9. The summed E-state index contributed by atoms with van der Waals surface area (Å²) in [6.07, 6.45) is 0.605. The number of hydrogen-bond donors (Lipinski definition) is 2. The van der Waals surface area contributed by atoms with Gasteiger partial charge in [0.25, 0.3) is 5.91 Å². The van der Waals surface area contributed by atoms with Crippen LogP contribution in [0.15, 0.2) is 47.4 Å². The second kappa shape index (κ2) is 8.91. The number of piperidine rings is 1. The van der Waals surface area contributed by atoms with Crippen LogP contribution in [-0.2, 0) is 26.2 Å². The Kier molecular flexibility index (Phi) is 6.21. The molecule has 0 radical (unpaired) electrons. The highest BCUT2D eigenvalue weighted by atomic mass is 32.2. The third-order valence-corrected chi connectivity index (χ3v) is 7.72. The lowest BCUT2D eigenvalue weighted by molar-refractivity contribution is -0.126. The summed E-state index contributed by atoms with van der Waals surface area (Å²) < 4.78 is 33.3. The van der Waals surface area contributed by atoms with Crippen molar-refractivity contribution in [3.05, 3.63) is 53.6 Å². The van der Waals surface area contributed by atoms with E-state index in [-0.39, 0.29) is 23.3 Å². The van der Waals surface area contributed by atoms with Crippen LogP contribution < -0.4 is 15.4 Å². The third-order valence-electron chi connectivity index (χ3n) is 5.86. The molecular formula is C23H27N3O5S. The Labute approximate surface area is 188 Å². The number of fused-ring (bicyclic) bond motifs is 1. The topological polar surface area (TPSA) is 105 Å². The van der Waals surface area contributed by atoms with Crippen LogP contribution in [0.5, 0.6) is 5.75 Å². The molecule has 1 fully saturated rings. The maximum Gasteiger partial charge on any atom is 0.265 e. The molecule has 0 spiro atoms. The standard InChI is InChI=1S/C23H27N3O5S/c1-15-5-7-17(8-6-15)13-24-23(28)18-4-3-11-26(14-18)32(29,30)19-9-10-21-20(12-19)25-22(27)16(2)31-21/h5-10,12,16,18H,3-4,11,13-14H2,1-2H3,(H,24,28)(H,25,27). The normalized spacial score (nSPS) is 21.2. The highest BCUT2D eigenvalue weighted by molar-refractivity contribution is 7.89. The SMILES string of the molecule is Cc1ccc(CNC(=O)C2CCCN(S(=O)(=O)c3ccc4c(c3)NC(=O)C(C)O4)C2)cc1. The van der Waals surface area contributed by atoms with Crippen molar-refractivity contribution < 1.29 is 22.7 Å². The van der Waals surface area contributed by atoms with Crippen molar-refractivity contribution in [2.24, 2.45) is 5.92 Å². The van der Waals surface area contributed by atoms with Gasteiger partial charge in [0.15, 0.2) is 6.10 Å². The van der Waals surface area contributed by atoms with Crippen LogP contribution in [0.3, 0.4) is 0 Å². The second-order valence-corrected chi connectivity index (χ2v) is 10.3. The second-order valence-electron chi connectivity index (χ2n) is 8.31. The van der Waals surface area contributed by atoms with Gasteiger partial charge in [0.1, 0.15) is 5.75 Å². The van der Waals surface area contributed by atoms with E-state index in [9.17, 15) is 18.0 Å². The Balaban J connectivity index is 1.44. The van der Waals surface area contributed by atoms with Crippen molar-refractivity contribution in [2.75, 3.05) is 18.4 Å². The number of amides is 2. The Bertz CT molecular complexity index is 1130. The van der Waals surface area contributed by atoms with Gasteiger partial charge >= 0.3 is 0 Å². The van der Waals surface area contributed by atoms with Gasteiger partial charge in [-0.1, -0.05) is 29.8 Å². The highest BCUT2D eigenvalue weighted by Gasteiger charge is 2.34. The molecule has 2 heterocycles. The zero-order valence-corrected chi connectivity index (χ0v) is 18.9. The molecule has 0 bridgehead atoms. The fourth-order valence-electron chi connectivity index (χ4n) is 3.91. The molecule has 2 aromatic carbocycles. The van der Waals surface area contributed by atoms with E-state index in [2.05, 4.69) is 10.6 Å². The van der Waals surface area contributed by atoms with Crippen molar-refractivity contribution in [1.82, 2.24) is 9.62 Å². The summed E-state index contributed by atoms with van der Waals surface area (Å²) in [5.74, 6) is -0.450. The molecule has 8 nitrogen and oxygen atoms in total. The van der Waals surface area contributed by atoms with Gasteiger partial charge in [-0.05, 0) is 50.5 Å². The van der Waals surface area contributed by atoms with Crippen molar-refractivity contribution in [3.8, 4) is 5.75 Å². The van der Waals surface area contributed by atoms with Crippen LogP contribution >= 0.6 is 0 Å². The number of sulfonamides is 1. The van der Waals surface area contributed by atoms with E-state index in [0.717, 1.165) is 11.1 Å². The monoisotopic (exact) mass is 457 g/mol. The molecule has 2 aliphatic heterocycles. The molecule has 4 rings (SSSR count). The molecule has 170 valence electrons. The van der Waals surface area contributed by atoms with E-state index >= 15 is 0 Å². The summed E-state index contributed by atoms with van der Waals surface area (Å²) in [5.41, 5.74) is 2.48. The van der Waals surface area contributed by atoms with Gasteiger partial charge in [0, 0.05) is 19.6 Å². The smallest absolute Gasteiger partial charge is 0.265 e. The fourth-order valence-corrected chi connectivity index (χ4v) is 5.46. The number of hydrogen-bond acceptors (Lipinski definition) is 5. The molecule has 0 aliphatic carbocycles. The van der Waals surface area contributed by atoms with E-state index in [0.29, 0.717) is 37.4 Å². The van der Waals surface area contributed by atoms with Crippen molar-refractivity contribution >= 4 is 27.5 Å². The number of rotatable bonds is 5. The number of benzene rings is 2. The number of anilines is 1. The Hall–Kier alpha value is -2.91. The molecule has 2 N–H and O–H groups in total. The van der Waals surface area contributed by atoms with E-state index in [1.165, 1.54) is 16.4 Å². The minimum absolute atomic E-state index is 0.0652. The lowest BCUT2D eigenvalue weighted by Crippen LogP contribution is -2.45. The maximum absolute atomic E-state index is 13.2. The van der Waals surface area contributed by atoms with Gasteiger partial charge in [-0.15, -0.1) is 0 Å². The predicted molar refractivity (Wildman–Crippen MR) is 120 cm³/mol. The largest absolute Gasteiger partial charge is 0.479 e. The average molecular weight is 458 g/mol. The first kappa shape index (κ1) is 22.3. The Morgan fingerprint density at radius 1 is 1.22 bits per heavy atom. The first-order valence-electron chi connectivity index (χ1n) is 10.7. The van der Waals surface area contributed by atoms with Crippen LogP contribution in [-0.4, -0.2) is 43.7 Å². The molecule has 1 saturated heterocycles. The number of ether oxygens (including phenoxy) is 1. The number of carbonyl (C=O) groups is 2. The first-order chi connectivity index (χ1) is 15.2. The van der Waals surface area contributed by atoms with Gasteiger partial charge in [-0.25, -0.2) is 8.42 Å². The average Bonchev–Trinajstić information content (AvgIpc) is 2.79. The summed E-state index contributed by atoms with van der Waals surface area (Å²) in [6, 6.07) is 12.3. The molecule has 2 amide bonds. The van der Waals surface area contributed by atoms with E-state index in [1.54, 1.807) is 13.0 Å². The van der Waals surface area contributed by atoms with E-state index in [4.69, 9.17) is 4.74 Å². The van der Waals surface area contributed by atoms with Crippen molar-refractivity contribution in [1.29, 1.82) is 0 Å². The molecule has 9 heteroatoms. The Morgan fingerprint density at radius 3 is 2.72 bits per heavy atom. The van der Waals surface area contributed by atoms with Crippen molar-refractivity contribution in [2.45, 2.75) is 44.2 Å². The number of nitrogens with zero attached hydrogens (tertiary/aromatic N) is 1. The van der Waals surface area contributed by atoms with E-state index < -0.39 is 22.0 Å². The van der Waals surface area contributed by atoms with E-state index in [1.807, 2.05) is 31.2 Å². The van der Waals surface area contributed by atoms with Crippen LogP contribution in [0.1, 0.15) is 30.9 Å². The van der Waals surface area contributed by atoms with Gasteiger partial charge in [0.05, 0.1) is 16.5 Å². The lowest BCUT2D eigenvalue weighted by atomic mass is 9.98. The molecule has 32 heavy (non-hydrogen) atoms. The third kappa shape index (κ3) is 4.63. The lowest BCUT2D eigenvalue weighted by Gasteiger charge is -2.31. The molecule has 2 aromatic rings. The highest BCUT2D eigenvalue weighted by Crippen LogP contribution is 2.33. The summed E-state index contributed by atoms with van der Waals surface area (Å²) >= 11 is 0. The summed E-state index contributed by atoms with van der Waals surface area (Å²) in [4.78, 5) is 24.7. The Morgan fingerprint density at radius 2 is 1.97 bits per heavy atom. The van der Waals surface area contributed by atoms with Crippen LogP contribution in [0.25, 0.3) is 0 Å². The fraction of sp³-hybridized carbons (Fsp3) is 0.391. The molecular weight excluding hydrogens is 430 g/mol. The predicted octanol–water partition coefficient (Wildman–Crippen LogP) is 2.43. The molecule has 2 unspecified atom stereocenters. The number of nitrogens with one attached hydrogen (secondary N) is 2. The van der Waals surface area contributed by atoms with Crippen LogP contribution in [0, 0.1) is 12.8 Å². The van der Waals surface area contributed by atoms with Gasteiger partial charge in [-0.2, -0.15) is 4.31 Å². The van der Waals surface area contributed by atoms with Crippen LogP contribution in [0.2, 0.25) is 0 Å². The van der Waals surface area contributed by atoms with Crippen LogP contribution in [0.4, 0.5) is 5.69 Å². The molecule has 2 atom stereocenters. The number of aryl methyl sites for hydroxylation is 1. The minimum atomic E-state index is -3.82. The molecule has 0 saturated carbocycles. The van der Waals surface area contributed by atoms with Gasteiger partial charge < -0.3 is 15.4 Å². The summed E-state index contributed by atoms with van der Waals surface area (Å²) in [6.45, 7) is 4.51. The summed E-state index contributed by atoms with van der Waals surface area (Å²) in [5, 5.41) is 5.60. The molecule has 0 aromatic heterocycles. The van der Waals surface area contributed by atoms with Gasteiger partial charge in [0.2, 0.25) is 15.9 Å². The maximum atomic E-state index is 13.2. The first-order valence-corrected chi connectivity index (χ1v) is 12.1.